The third-order valence-corrected chi connectivity index (χ3v) is 5.41. The summed E-state index contributed by atoms with van der Waals surface area (Å²) in [5, 5.41) is 6.79. The van der Waals surface area contributed by atoms with Crippen LogP contribution < -0.4 is 4.74 Å². The van der Waals surface area contributed by atoms with Gasteiger partial charge in [0.1, 0.15) is 5.75 Å². The minimum absolute atomic E-state index is 0.835. The average molecular weight is 416 g/mol. The first-order valence-electron chi connectivity index (χ1n) is 8.96. The molecule has 0 bridgehead atoms. The number of nitrogens with zero attached hydrogens (tertiary/aromatic N) is 3. The van der Waals surface area contributed by atoms with Gasteiger partial charge in [-0.3, -0.25) is 9.91 Å². The van der Waals surface area contributed by atoms with Crippen LogP contribution >= 0.6 is 15.9 Å². The minimum atomic E-state index is 0.835. The number of hydrazone groups is 1. The highest BCUT2D eigenvalue weighted by atomic mass is 79.9. The van der Waals surface area contributed by atoms with Crippen molar-refractivity contribution in [1.82, 2.24) is 9.91 Å². The predicted octanol–water partition coefficient (Wildman–Crippen LogP) is 4.23. The van der Waals surface area contributed by atoms with E-state index in [1.54, 1.807) is 7.11 Å². The summed E-state index contributed by atoms with van der Waals surface area (Å²) in [6.07, 6.45) is 1.92. The maximum atomic E-state index is 5.26. The van der Waals surface area contributed by atoms with Gasteiger partial charge in [-0.15, -0.1) is 0 Å². The lowest BCUT2D eigenvalue weighted by Gasteiger charge is -2.33. The van der Waals surface area contributed by atoms with E-state index in [-0.39, 0.29) is 0 Å². The first kappa shape index (κ1) is 18.9. The Morgan fingerprint density at radius 1 is 1.08 bits per heavy atom. The van der Waals surface area contributed by atoms with Crippen molar-refractivity contribution in [1.29, 1.82) is 0 Å². The van der Waals surface area contributed by atoms with Gasteiger partial charge in [-0.1, -0.05) is 23.8 Å². The van der Waals surface area contributed by atoms with Crippen LogP contribution in [0.1, 0.15) is 22.3 Å². The molecule has 0 aromatic heterocycles. The summed E-state index contributed by atoms with van der Waals surface area (Å²) in [6.45, 7) is 9.37. The number of ether oxygens (including phenoxy) is 1. The van der Waals surface area contributed by atoms with Crippen LogP contribution in [0.25, 0.3) is 0 Å². The number of hydrogen-bond donors (Lipinski definition) is 0. The molecule has 0 N–H and O–H groups in total. The van der Waals surface area contributed by atoms with Gasteiger partial charge in [-0.05, 0) is 64.7 Å². The van der Waals surface area contributed by atoms with E-state index < -0.39 is 0 Å². The molecule has 138 valence electrons. The summed E-state index contributed by atoms with van der Waals surface area (Å²) in [6, 6.07) is 12.7. The number of hydrogen-bond acceptors (Lipinski definition) is 4. The Kier molecular flexibility index (Phi) is 6.33. The summed E-state index contributed by atoms with van der Waals surface area (Å²) in [5.74, 6) is 0.835. The standard InChI is InChI=1S/C21H26BrN3O/c1-16-4-6-19(17(2)12-16)15-24-8-10-25(11-9-24)23-14-18-5-7-21(26-3)20(22)13-18/h4-7,12-14H,8-11,15H2,1-3H3. The van der Waals surface area contributed by atoms with Crippen molar-refractivity contribution in [3.05, 3.63) is 63.1 Å². The molecule has 1 fully saturated rings. The molecule has 0 aliphatic carbocycles. The average Bonchev–Trinajstić information content (AvgIpc) is 2.63. The molecule has 0 saturated carbocycles. The molecular formula is C21H26BrN3O. The predicted molar refractivity (Wildman–Crippen MR) is 111 cm³/mol. The molecule has 1 saturated heterocycles. The van der Waals surface area contributed by atoms with Crippen LogP contribution in [0.2, 0.25) is 0 Å². The van der Waals surface area contributed by atoms with E-state index in [2.05, 4.69) is 63.0 Å². The van der Waals surface area contributed by atoms with Gasteiger partial charge < -0.3 is 4.74 Å². The fourth-order valence-electron chi connectivity index (χ4n) is 3.19. The second-order valence-corrected chi connectivity index (χ2v) is 7.65. The van der Waals surface area contributed by atoms with Crippen molar-refractivity contribution < 1.29 is 4.74 Å². The van der Waals surface area contributed by atoms with E-state index in [1.165, 1.54) is 16.7 Å². The monoisotopic (exact) mass is 415 g/mol. The van der Waals surface area contributed by atoms with Crippen LogP contribution in [0.15, 0.2) is 46.0 Å². The Morgan fingerprint density at radius 2 is 1.85 bits per heavy atom. The summed E-state index contributed by atoms with van der Waals surface area (Å²) >= 11 is 3.52. The molecule has 2 aromatic carbocycles. The summed E-state index contributed by atoms with van der Waals surface area (Å²) in [7, 11) is 1.67. The molecule has 0 amide bonds. The Bertz CT molecular complexity index is 783. The van der Waals surface area contributed by atoms with Crippen LogP contribution in [0.3, 0.4) is 0 Å². The van der Waals surface area contributed by atoms with E-state index in [0.717, 1.165) is 48.5 Å². The van der Waals surface area contributed by atoms with E-state index in [9.17, 15) is 0 Å². The zero-order valence-electron chi connectivity index (χ0n) is 15.7. The largest absolute Gasteiger partial charge is 0.496 e. The molecule has 2 aromatic rings. The van der Waals surface area contributed by atoms with Crippen LogP contribution in [0, 0.1) is 13.8 Å². The van der Waals surface area contributed by atoms with Crippen LogP contribution in [0.5, 0.6) is 5.75 Å². The number of benzene rings is 2. The fraction of sp³-hybridized carbons (Fsp3) is 0.381. The molecule has 1 aliphatic heterocycles. The first-order chi connectivity index (χ1) is 12.5. The number of methoxy groups -OCH3 is 1. The first-order valence-corrected chi connectivity index (χ1v) is 9.75. The van der Waals surface area contributed by atoms with Crippen LogP contribution in [0.4, 0.5) is 0 Å². The highest BCUT2D eigenvalue weighted by Crippen LogP contribution is 2.25. The molecule has 0 radical (unpaired) electrons. The maximum absolute atomic E-state index is 5.26. The van der Waals surface area contributed by atoms with E-state index in [4.69, 9.17) is 4.74 Å². The highest BCUT2D eigenvalue weighted by Gasteiger charge is 2.16. The normalized spacial score (nSPS) is 15.6. The SMILES string of the molecule is COc1ccc(C=NN2CCN(Cc3ccc(C)cc3C)CC2)cc1Br. The van der Waals surface area contributed by atoms with Crippen molar-refractivity contribution >= 4 is 22.1 Å². The topological polar surface area (TPSA) is 28.1 Å². The van der Waals surface area contributed by atoms with Gasteiger partial charge in [-0.25, -0.2) is 0 Å². The van der Waals surface area contributed by atoms with Crippen molar-refractivity contribution in [2.24, 2.45) is 5.10 Å². The molecule has 0 unspecified atom stereocenters. The third kappa shape index (κ3) is 4.86. The zero-order valence-corrected chi connectivity index (χ0v) is 17.3. The van der Waals surface area contributed by atoms with Gasteiger partial charge in [0.15, 0.2) is 0 Å². The number of halogens is 1. The molecule has 1 aliphatic rings. The molecular weight excluding hydrogens is 390 g/mol. The number of aryl methyl sites for hydroxylation is 2. The lowest BCUT2D eigenvalue weighted by atomic mass is 10.1. The lowest BCUT2D eigenvalue weighted by Crippen LogP contribution is -2.43. The molecule has 5 heteroatoms. The Morgan fingerprint density at radius 3 is 2.50 bits per heavy atom. The van der Waals surface area contributed by atoms with Crippen molar-refractivity contribution in [2.45, 2.75) is 20.4 Å². The Balaban J connectivity index is 1.52. The third-order valence-electron chi connectivity index (χ3n) is 4.79. The van der Waals surface area contributed by atoms with Crippen LogP contribution in [-0.2, 0) is 6.54 Å². The van der Waals surface area contributed by atoms with Crippen LogP contribution in [-0.4, -0.2) is 49.4 Å². The zero-order chi connectivity index (χ0) is 18.5. The molecule has 3 rings (SSSR count). The van der Waals surface area contributed by atoms with Gasteiger partial charge in [0.25, 0.3) is 0 Å². The smallest absolute Gasteiger partial charge is 0.133 e. The van der Waals surface area contributed by atoms with Gasteiger partial charge in [0, 0.05) is 32.7 Å². The molecule has 26 heavy (non-hydrogen) atoms. The number of piperazine rings is 1. The second-order valence-electron chi connectivity index (χ2n) is 6.80. The Hall–Kier alpha value is -1.85. The van der Waals surface area contributed by atoms with E-state index >= 15 is 0 Å². The van der Waals surface area contributed by atoms with Crippen molar-refractivity contribution in [2.75, 3.05) is 33.3 Å². The van der Waals surface area contributed by atoms with Crippen molar-refractivity contribution in [3.8, 4) is 5.75 Å². The van der Waals surface area contributed by atoms with Gasteiger partial charge in [0.05, 0.1) is 17.8 Å². The highest BCUT2D eigenvalue weighted by molar-refractivity contribution is 9.10. The van der Waals surface area contributed by atoms with Gasteiger partial charge in [0.2, 0.25) is 0 Å². The van der Waals surface area contributed by atoms with E-state index in [0.29, 0.717) is 0 Å². The summed E-state index contributed by atoms with van der Waals surface area (Å²) in [4.78, 5) is 2.51. The minimum Gasteiger partial charge on any atom is -0.496 e. The molecule has 0 atom stereocenters. The maximum Gasteiger partial charge on any atom is 0.133 e. The molecule has 1 heterocycles. The quantitative estimate of drug-likeness (QED) is 0.683. The summed E-state index contributed by atoms with van der Waals surface area (Å²) < 4.78 is 6.21. The summed E-state index contributed by atoms with van der Waals surface area (Å²) in [5.41, 5.74) is 5.21. The number of rotatable bonds is 5. The van der Waals surface area contributed by atoms with Crippen molar-refractivity contribution in [3.63, 3.8) is 0 Å². The fourth-order valence-corrected chi connectivity index (χ4v) is 3.74. The molecule has 4 nitrogen and oxygen atoms in total. The Labute approximate surface area is 164 Å². The van der Waals surface area contributed by atoms with E-state index in [1.807, 2.05) is 24.4 Å². The van der Waals surface area contributed by atoms with Gasteiger partial charge in [-0.2, -0.15) is 5.10 Å². The van der Waals surface area contributed by atoms with Gasteiger partial charge >= 0.3 is 0 Å². The lowest BCUT2D eigenvalue weighted by molar-refractivity contribution is 0.131. The second kappa shape index (κ2) is 8.69. The molecule has 0 spiro atoms.